The van der Waals surface area contributed by atoms with Gasteiger partial charge in [0, 0.05) is 12.8 Å². The number of nitrogens with one attached hydrogen (secondary N) is 1. The lowest BCUT2D eigenvalue weighted by molar-refractivity contribution is -0.0648. The average molecular weight is 280 g/mol. The maximum absolute atomic E-state index is 5.88. The van der Waals surface area contributed by atoms with Crippen LogP contribution >= 0.6 is 12.2 Å². The Morgan fingerprint density at radius 1 is 1.53 bits per heavy atom. The summed E-state index contributed by atoms with van der Waals surface area (Å²) in [5, 5.41) is 0. The quantitative estimate of drug-likeness (QED) is 0.838. The molecule has 1 saturated carbocycles. The standard InChI is InChI=1S/C15H24N2OS/c1-10(2)12-8-13(19)17-14(16-12)15(18-4)7-5-6-11(3)9-15/h8,10-11H,5-7,9H2,1-4H3,(H,16,17,19). The van der Waals surface area contributed by atoms with Crippen LogP contribution in [0.3, 0.4) is 0 Å². The van der Waals surface area contributed by atoms with Crippen molar-refractivity contribution in [1.82, 2.24) is 9.97 Å². The number of aromatic nitrogens is 2. The van der Waals surface area contributed by atoms with E-state index in [9.17, 15) is 0 Å². The van der Waals surface area contributed by atoms with Gasteiger partial charge in [0.1, 0.15) is 16.1 Å². The predicted octanol–water partition coefficient (Wildman–Crippen LogP) is 4.31. The summed E-state index contributed by atoms with van der Waals surface area (Å²) in [6, 6.07) is 1.96. The third-order valence-corrected chi connectivity index (χ3v) is 4.37. The van der Waals surface area contributed by atoms with Crippen LogP contribution in [0.2, 0.25) is 0 Å². The zero-order valence-corrected chi connectivity index (χ0v) is 13.1. The van der Waals surface area contributed by atoms with Gasteiger partial charge in [0.25, 0.3) is 0 Å². The number of hydrogen-bond donors (Lipinski definition) is 1. The Hall–Kier alpha value is -0.740. The number of hydrogen-bond acceptors (Lipinski definition) is 3. The number of aromatic amines is 1. The van der Waals surface area contributed by atoms with Crippen molar-refractivity contribution in [2.75, 3.05) is 7.11 Å². The van der Waals surface area contributed by atoms with E-state index in [1.807, 2.05) is 6.07 Å². The molecule has 3 nitrogen and oxygen atoms in total. The molecule has 1 aliphatic rings. The fraction of sp³-hybridized carbons (Fsp3) is 0.733. The first-order valence-corrected chi connectivity index (χ1v) is 7.54. The molecule has 106 valence electrons. The van der Waals surface area contributed by atoms with Crippen molar-refractivity contribution < 1.29 is 4.74 Å². The molecule has 1 aromatic rings. The molecule has 1 aromatic heterocycles. The summed E-state index contributed by atoms with van der Waals surface area (Å²) >= 11 is 5.32. The van der Waals surface area contributed by atoms with E-state index < -0.39 is 0 Å². The molecule has 0 amide bonds. The highest BCUT2D eigenvalue weighted by Gasteiger charge is 2.39. The smallest absolute Gasteiger partial charge is 0.140 e. The van der Waals surface area contributed by atoms with E-state index in [2.05, 4.69) is 30.7 Å². The van der Waals surface area contributed by atoms with Gasteiger partial charge in [-0.3, -0.25) is 0 Å². The molecule has 2 atom stereocenters. The van der Waals surface area contributed by atoms with Gasteiger partial charge in [-0.15, -0.1) is 0 Å². The van der Waals surface area contributed by atoms with Crippen molar-refractivity contribution in [2.45, 2.75) is 58.0 Å². The van der Waals surface area contributed by atoms with Crippen LogP contribution in [0.5, 0.6) is 0 Å². The topological polar surface area (TPSA) is 37.9 Å². The summed E-state index contributed by atoms with van der Waals surface area (Å²) in [6.07, 6.45) is 4.50. The fourth-order valence-electron chi connectivity index (χ4n) is 3.00. The second-order valence-corrected chi connectivity index (χ2v) is 6.50. The lowest BCUT2D eigenvalue weighted by atomic mass is 9.78. The first-order chi connectivity index (χ1) is 8.97. The van der Waals surface area contributed by atoms with Crippen LogP contribution in [0.25, 0.3) is 0 Å². The second kappa shape index (κ2) is 5.71. The summed E-state index contributed by atoms with van der Waals surface area (Å²) in [5.74, 6) is 2.00. The lowest BCUT2D eigenvalue weighted by Gasteiger charge is -2.38. The summed E-state index contributed by atoms with van der Waals surface area (Å²) in [5.41, 5.74) is 0.862. The van der Waals surface area contributed by atoms with E-state index in [0.717, 1.165) is 24.4 Å². The van der Waals surface area contributed by atoms with Crippen LogP contribution in [-0.2, 0) is 10.3 Å². The molecule has 1 N–H and O–H groups in total. The third kappa shape index (κ3) is 3.06. The Morgan fingerprint density at radius 2 is 2.26 bits per heavy atom. The van der Waals surface area contributed by atoms with Crippen molar-refractivity contribution in [3.05, 3.63) is 22.2 Å². The molecule has 1 heterocycles. The van der Waals surface area contributed by atoms with Crippen molar-refractivity contribution in [1.29, 1.82) is 0 Å². The molecule has 0 bridgehead atoms. The normalized spacial score (nSPS) is 27.7. The molecule has 19 heavy (non-hydrogen) atoms. The number of rotatable bonds is 3. The summed E-state index contributed by atoms with van der Waals surface area (Å²) < 4.78 is 6.54. The number of H-pyrrole nitrogens is 1. The van der Waals surface area contributed by atoms with Crippen molar-refractivity contribution in [3.8, 4) is 0 Å². The highest BCUT2D eigenvalue weighted by molar-refractivity contribution is 7.71. The first kappa shape index (κ1) is 14.7. The molecule has 0 aliphatic heterocycles. The number of methoxy groups -OCH3 is 1. The molecule has 0 aromatic carbocycles. The van der Waals surface area contributed by atoms with Gasteiger partial charge < -0.3 is 9.72 Å². The highest BCUT2D eigenvalue weighted by Crippen LogP contribution is 2.41. The van der Waals surface area contributed by atoms with Gasteiger partial charge in [0.15, 0.2) is 0 Å². The Kier molecular flexibility index (Phi) is 4.41. The molecule has 1 aliphatic carbocycles. The van der Waals surface area contributed by atoms with Crippen LogP contribution in [0, 0.1) is 10.6 Å². The molecule has 0 radical (unpaired) electrons. The van der Waals surface area contributed by atoms with Crippen LogP contribution in [0.15, 0.2) is 6.07 Å². The van der Waals surface area contributed by atoms with Crippen LogP contribution < -0.4 is 0 Å². The lowest BCUT2D eigenvalue weighted by Crippen LogP contribution is -2.36. The Labute approximate surface area is 120 Å². The van der Waals surface area contributed by atoms with Crippen LogP contribution in [-0.4, -0.2) is 17.1 Å². The van der Waals surface area contributed by atoms with Crippen LogP contribution in [0.4, 0.5) is 0 Å². The minimum Gasteiger partial charge on any atom is -0.370 e. The SMILES string of the molecule is COC1(c2nc(=S)cc(C(C)C)[nH]2)CCCC(C)C1. The van der Waals surface area contributed by atoms with Crippen molar-refractivity contribution in [2.24, 2.45) is 5.92 Å². The molecule has 0 spiro atoms. The maximum Gasteiger partial charge on any atom is 0.140 e. The van der Waals surface area contributed by atoms with E-state index in [1.165, 1.54) is 12.8 Å². The minimum atomic E-state index is -0.282. The van der Waals surface area contributed by atoms with Gasteiger partial charge in [-0.2, -0.15) is 0 Å². The van der Waals surface area contributed by atoms with Gasteiger partial charge in [0.05, 0.1) is 0 Å². The zero-order valence-electron chi connectivity index (χ0n) is 12.3. The molecule has 2 unspecified atom stereocenters. The zero-order chi connectivity index (χ0) is 14.0. The van der Waals surface area contributed by atoms with E-state index in [-0.39, 0.29) is 5.60 Å². The molecular formula is C15H24N2OS. The average Bonchev–Trinajstić information content (AvgIpc) is 2.37. The largest absolute Gasteiger partial charge is 0.370 e. The number of nitrogens with zero attached hydrogens (tertiary/aromatic N) is 1. The Bertz CT molecular complexity index is 497. The Morgan fingerprint density at radius 3 is 2.84 bits per heavy atom. The highest BCUT2D eigenvalue weighted by atomic mass is 32.1. The Balaban J connectivity index is 2.45. The molecule has 4 heteroatoms. The second-order valence-electron chi connectivity index (χ2n) is 6.08. The van der Waals surface area contributed by atoms with E-state index in [0.29, 0.717) is 16.5 Å². The monoisotopic (exact) mass is 280 g/mol. The molecule has 1 fully saturated rings. The number of ether oxygens (including phenoxy) is 1. The van der Waals surface area contributed by atoms with Gasteiger partial charge in [-0.25, -0.2) is 4.98 Å². The van der Waals surface area contributed by atoms with Crippen LogP contribution in [0.1, 0.15) is 63.9 Å². The molecule has 2 rings (SSSR count). The van der Waals surface area contributed by atoms with Gasteiger partial charge in [-0.1, -0.05) is 39.4 Å². The van der Waals surface area contributed by atoms with Crippen molar-refractivity contribution >= 4 is 12.2 Å². The fourth-order valence-corrected chi connectivity index (χ4v) is 3.22. The summed E-state index contributed by atoms with van der Waals surface area (Å²) in [7, 11) is 1.79. The molecular weight excluding hydrogens is 256 g/mol. The van der Waals surface area contributed by atoms with Gasteiger partial charge in [-0.05, 0) is 37.2 Å². The van der Waals surface area contributed by atoms with E-state index in [4.69, 9.17) is 17.0 Å². The summed E-state index contributed by atoms with van der Waals surface area (Å²) in [6.45, 7) is 6.61. The third-order valence-electron chi connectivity index (χ3n) is 4.16. The minimum absolute atomic E-state index is 0.282. The molecule has 0 saturated heterocycles. The maximum atomic E-state index is 5.88. The van der Waals surface area contributed by atoms with Gasteiger partial charge >= 0.3 is 0 Å². The summed E-state index contributed by atoms with van der Waals surface area (Å²) in [4.78, 5) is 8.02. The first-order valence-electron chi connectivity index (χ1n) is 7.14. The van der Waals surface area contributed by atoms with Crippen molar-refractivity contribution in [3.63, 3.8) is 0 Å². The van der Waals surface area contributed by atoms with Gasteiger partial charge in [0.2, 0.25) is 0 Å². The predicted molar refractivity (Wildman–Crippen MR) is 79.8 cm³/mol. The van der Waals surface area contributed by atoms with E-state index >= 15 is 0 Å². The van der Waals surface area contributed by atoms with E-state index in [1.54, 1.807) is 7.11 Å².